The summed E-state index contributed by atoms with van der Waals surface area (Å²) in [5.74, 6) is 1.96. The molecule has 0 aliphatic carbocycles. The second-order valence-corrected chi connectivity index (χ2v) is 6.13. The van der Waals surface area contributed by atoms with E-state index in [1.165, 1.54) is 0 Å². The van der Waals surface area contributed by atoms with E-state index in [1.54, 1.807) is 7.11 Å². The van der Waals surface area contributed by atoms with E-state index in [9.17, 15) is 0 Å². The molecule has 0 radical (unpaired) electrons. The number of nitrogens with zero attached hydrogens (tertiary/aromatic N) is 4. The predicted octanol–water partition coefficient (Wildman–Crippen LogP) is 3.55. The molecule has 3 rings (SSSR count). The van der Waals surface area contributed by atoms with Crippen molar-refractivity contribution < 1.29 is 9.15 Å². The van der Waals surface area contributed by atoms with Crippen LogP contribution in [-0.2, 0) is 6.42 Å². The predicted molar refractivity (Wildman–Crippen MR) is 88.6 cm³/mol. The highest BCUT2D eigenvalue weighted by atomic mass is 79.9. The van der Waals surface area contributed by atoms with E-state index in [4.69, 9.17) is 9.15 Å². The third kappa shape index (κ3) is 3.44. The van der Waals surface area contributed by atoms with Gasteiger partial charge in [-0.3, -0.25) is 4.68 Å². The van der Waals surface area contributed by atoms with E-state index in [2.05, 4.69) is 31.2 Å². The molecule has 7 heteroatoms. The lowest BCUT2D eigenvalue weighted by atomic mass is 10.1. The van der Waals surface area contributed by atoms with Crippen molar-refractivity contribution in [3.8, 4) is 5.75 Å². The Kier molecular flexibility index (Phi) is 4.47. The molecule has 23 heavy (non-hydrogen) atoms. The summed E-state index contributed by atoms with van der Waals surface area (Å²) < 4.78 is 13.7. The van der Waals surface area contributed by atoms with Crippen molar-refractivity contribution in [1.29, 1.82) is 0 Å². The van der Waals surface area contributed by atoms with Gasteiger partial charge in [0.25, 0.3) is 0 Å². The fourth-order valence-corrected chi connectivity index (χ4v) is 2.48. The number of rotatable bonds is 5. The number of hydrogen-bond acceptors (Lipinski definition) is 5. The van der Waals surface area contributed by atoms with Crippen molar-refractivity contribution in [1.82, 2.24) is 20.0 Å². The van der Waals surface area contributed by atoms with Crippen LogP contribution in [0.3, 0.4) is 0 Å². The van der Waals surface area contributed by atoms with Crippen molar-refractivity contribution in [2.45, 2.75) is 26.3 Å². The van der Waals surface area contributed by atoms with Crippen LogP contribution < -0.4 is 4.74 Å². The van der Waals surface area contributed by atoms with Crippen LogP contribution in [-0.4, -0.2) is 27.1 Å². The standard InChI is InChI=1S/C16H17BrN4O2/c1-10-14(17)9-21(20-10)11(2)16-19-18-15(23-16)8-12-4-6-13(22-3)7-5-12/h4-7,9,11H,8H2,1-3H3. The van der Waals surface area contributed by atoms with Crippen LogP contribution in [0.25, 0.3) is 0 Å². The first-order valence-corrected chi connectivity index (χ1v) is 8.02. The van der Waals surface area contributed by atoms with E-state index < -0.39 is 0 Å². The first-order valence-electron chi connectivity index (χ1n) is 7.23. The molecular formula is C16H17BrN4O2. The van der Waals surface area contributed by atoms with E-state index in [0.29, 0.717) is 18.2 Å². The largest absolute Gasteiger partial charge is 0.497 e. The third-order valence-corrected chi connectivity index (χ3v) is 4.39. The number of ether oxygens (including phenoxy) is 1. The number of hydrogen-bond donors (Lipinski definition) is 0. The number of benzene rings is 1. The Morgan fingerprint density at radius 2 is 2.00 bits per heavy atom. The maximum Gasteiger partial charge on any atom is 0.240 e. The fraction of sp³-hybridized carbons (Fsp3) is 0.312. The zero-order chi connectivity index (χ0) is 16.4. The second kappa shape index (κ2) is 6.54. The SMILES string of the molecule is COc1ccc(Cc2nnc(C(C)n3cc(Br)c(C)n3)o2)cc1. The molecule has 1 atom stereocenters. The molecule has 0 bridgehead atoms. The molecule has 0 amide bonds. The highest BCUT2D eigenvalue weighted by Gasteiger charge is 2.17. The maximum absolute atomic E-state index is 5.78. The molecule has 0 saturated heterocycles. The summed E-state index contributed by atoms with van der Waals surface area (Å²) in [6.07, 6.45) is 2.50. The van der Waals surface area contributed by atoms with Crippen LogP contribution in [0.4, 0.5) is 0 Å². The van der Waals surface area contributed by atoms with Gasteiger partial charge in [-0.1, -0.05) is 12.1 Å². The average molecular weight is 377 g/mol. The molecule has 0 aliphatic rings. The Morgan fingerprint density at radius 3 is 2.61 bits per heavy atom. The molecular weight excluding hydrogens is 360 g/mol. The highest BCUT2D eigenvalue weighted by Crippen LogP contribution is 2.22. The summed E-state index contributed by atoms with van der Waals surface area (Å²) in [7, 11) is 1.65. The van der Waals surface area contributed by atoms with Crippen molar-refractivity contribution in [2.24, 2.45) is 0 Å². The quantitative estimate of drug-likeness (QED) is 0.681. The molecule has 3 aromatic rings. The van der Waals surface area contributed by atoms with Crippen LogP contribution in [0, 0.1) is 6.92 Å². The minimum Gasteiger partial charge on any atom is -0.497 e. The smallest absolute Gasteiger partial charge is 0.240 e. The molecule has 0 aliphatic heterocycles. The second-order valence-electron chi connectivity index (χ2n) is 5.28. The summed E-state index contributed by atoms with van der Waals surface area (Å²) in [5, 5.41) is 12.7. The Balaban J connectivity index is 1.74. The van der Waals surface area contributed by atoms with Crippen LogP contribution in [0.1, 0.15) is 36.0 Å². The van der Waals surface area contributed by atoms with Gasteiger partial charge in [0.15, 0.2) is 0 Å². The molecule has 1 unspecified atom stereocenters. The molecule has 0 spiro atoms. The van der Waals surface area contributed by atoms with E-state index >= 15 is 0 Å². The summed E-state index contributed by atoms with van der Waals surface area (Å²) in [6, 6.07) is 7.69. The van der Waals surface area contributed by atoms with Gasteiger partial charge in [0.1, 0.15) is 11.8 Å². The molecule has 2 heterocycles. The monoisotopic (exact) mass is 376 g/mol. The number of aromatic nitrogens is 4. The fourth-order valence-electron chi connectivity index (χ4n) is 2.20. The zero-order valence-electron chi connectivity index (χ0n) is 13.2. The third-order valence-electron chi connectivity index (χ3n) is 3.61. The van der Waals surface area contributed by atoms with Gasteiger partial charge >= 0.3 is 0 Å². The van der Waals surface area contributed by atoms with Crippen LogP contribution in [0.5, 0.6) is 5.75 Å². The molecule has 0 N–H and O–H groups in total. The van der Waals surface area contributed by atoms with E-state index in [-0.39, 0.29) is 6.04 Å². The maximum atomic E-state index is 5.78. The first-order chi connectivity index (χ1) is 11.1. The summed E-state index contributed by atoms with van der Waals surface area (Å²) in [6.45, 7) is 3.92. The number of methoxy groups -OCH3 is 1. The van der Waals surface area contributed by atoms with Crippen LogP contribution in [0.2, 0.25) is 0 Å². The minimum absolute atomic E-state index is 0.114. The van der Waals surface area contributed by atoms with E-state index in [0.717, 1.165) is 21.5 Å². The lowest BCUT2D eigenvalue weighted by Gasteiger charge is -2.06. The van der Waals surface area contributed by atoms with Gasteiger partial charge < -0.3 is 9.15 Å². The van der Waals surface area contributed by atoms with Gasteiger partial charge in [0.2, 0.25) is 11.8 Å². The Bertz CT molecular complexity index is 775. The lowest BCUT2D eigenvalue weighted by molar-refractivity contribution is 0.391. The Labute approximate surface area is 142 Å². The van der Waals surface area contributed by atoms with Crippen molar-refractivity contribution in [3.05, 3.63) is 58.0 Å². The van der Waals surface area contributed by atoms with Gasteiger partial charge in [0.05, 0.1) is 23.7 Å². The zero-order valence-corrected chi connectivity index (χ0v) is 14.7. The van der Waals surface area contributed by atoms with Crippen molar-refractivity contribution >= 4 is 15.9 Å². The first kappa shape index (κ1) is 15.7. The summed E-state index contributed by atoms with van der Waals surface area (Å²) in [5.41, 5.74) is 2.01. The molecule has 0 saturated carbocycles. The topological polar surface area (TPSA) is 66.0 Å². The van der Waals surface area contributed by atoms with Gasteiger partial charge in [-0.15, -0.1) is 10.2 Å². The lowest BCUT2D eigenvalue weighted by Crippen LogP contribution is -2.07. The highest BCUT2D eigenvalue weighted by molar-refractivity contribution is 9.10. The minimum atomic E-state index is -0.114. The molecule has 1 aromatic carbocycles. The summed E-state index contributed by atoms with van der Waals surface area (Å²) >= 11 is 3.46. The molecule has 6 nitrogen and oxygen atoms in total. The van der Waals surface area contributed by atoms with Crippen LogP contribution in [0.15, 0.2) is 39.4 Å². The number of aryl methyl sites for hydroxylation is 1. The van der Waals surface area contributed by atoms with E-state index in [1.807, 2.05) is 49.0 Å². The molecule has 0 fully saturated rings. The molecule has 120 valence electrons. The van der Waals surface area contributed by atoms with Gasteiger partial charge in [-0.05, 0) is 47.5 Å². The van der Waals surface area contributed by atoms with Gasteiger partial charge in [-0.25, -0.2) is 0 Å². The van der Waals surface area contributed by atoms with Crippen molar-refractivity contribution in [3.63, 3.8) is 0 Å². The number of halogens is 1. The normalized spacial score (nSPS) is 12.3. The van der Waals surface area contributed by atoms with Gasteiger partial charge in [0, 0.05) is 6.20 Å². The van der Waals surface area contributed by atoms with Crippen LogP contribution >= 0.6 is 15.9 Å². The Hall–Kier alpha value is -2.15. The molecule has 2 aromatic heterocycles. The van der Waals surface area contributed by atoms with Gasteiger partial charge in [-0.2, -0.15) is 5.10 Å². The Morgan fingerprint density at radius 1 is 1.26 bits per heavy atom. The van der Waals surface area contributed by atoms with Crippen molar-refractivity contribution in [2.75, 3.05) is 7.11 Å². The average Bonchev–Trinajstić information content (AvgIpc) is 3.15. The summed E-state index contributed by atoms with van der Waals surface area (Å²) in [4.78, 5) is 0.